The standard InChI is InChI=1S/C25H22FNO2/c26-17-9-7-14(8-10-17)23-20-6-2-5-19(20)22-12-16(25(28)29)11-21-18-4-1-3-15(18)13-27(23)24(21)22/h1-2,4-5,7-12,15,18-20,23H,3,6,13H2,(H,28,29)/t15-,18+,19-,20+,23+/m1/s1. The van der Waals surface area contributed by atoms with Crippen molar-refractivity contribution in [1.29, 1.82) is 0 Å². The fraction of sp³-hybridized carbons (Fsp3) is 0.320. The summed E-state index contributed by atoms with van der Waals surface area (Å²) >= 11 is 0. The van der Waals surface area contributed by atoms with Gasteiger partial charge in [0.1, 0.15) is 5.82 Å². The molecule has 1 N–H and O–H groups in total. The molecule has 0 amide bonds. The second kappa shape index (κ2) is 6.06. The first-order chi connectivity index (χ1) is 14.1. The predicted molar refractivity (Wildman–Crippen MR) is 110 cm³/mol. The summed E-state index contributed by atoms with van der Waals surface area (Å²) in [6.45, 7) is 0.954. The average Bonchev–Trinajstić information content (AvgIpc) is 3.38. The normalized spacial score (nSPS) is 30.8. The highest BCUT2D eigenvalue weighted by Crippen LogP contribution is 2.58. The van der Waals surface area contributed by atoms with Gasteiger partial charge >= 0.3 is 5.97 Å². The van der Waals surface area contributed by atoms with Gasteiger partial charge in [-0.1, -0.05) is 36.4 Å². The molecule has 0 saturated heterocycles. The van der Waals surface area contributed by atoms with Crippen LogP contribution in [0.25, 0.3) is 0 Å². The Labute approximate surface area is 169 Å². The monoisotopic (exact) mass is 387 g/mol. The largest absolute Gasteiger partial charge is 0.478 e. The van der Waals surface area contributed by atoms with Gasteiger partial charge in [-0.15, -0.1) is 0 Å². The minimum Gasteiger partial charge on any atom is -0.478 e. The first kappa shape index (κ1) is 17.0. The number of allylic oxidation sites excluding steroid dienone is 4. The summed E-state index contributed by atoms with van der Waals surface area (Å²) in [6.07, 6.45) is 11.0. The van der Waals surface area contributed by atoms with E-state index in [-0.39, 0.29) is 23.7 Å². The van der Waals surface area contributed by atoms with Gasteiger partial charge in [0.05, 0.1) is 11.6 Å². The Hall–Kier alpha value is -2.88. The summed E-state index contributed by atoms with van der Waals surface area (Å²) in [5, 5.41) is 9.74. The van der Waals surface area contributed by atoms with Gasteiger partial charge in [-0.25, -0.2) is 9.18 Å². The Morgan fingerprint density at radius 2 is 1.69 bits per heavy atom. The van der Waals surface area contributed by atoms with Crippen molar-refractivity contribution in [1.82, 2.24) is 0 Å². The number of hydrogen-bond donors (Lipinski definition) is 1. The van der Waals surface area contributed by atoms with Crippen LogP contribution >= 0.6 is 0 Å². The number of anilines is 1. The maximum Gasteiger partial charge on any atom is 0.335 e. The molecule has 5 atom stereocenters. The zero-order chi connectivity index (χ0) is 19.7. The third kappa shape index (κ3) is 2.38. The number of benzene rings is 2. The second-order valence-corrected chi connectivity index (χ2v) is 8.76. The van der Waals surface area contributed by atoms with E-state index >= 15 is 0 Å². The number of rotatable bonds is 2. The van der Waals surface area contributed by atoms with E-state index in [1.807, 2.05) is 24.3 Å². The molecule has 0 spiro atoms. The van der Waals surface area contributed by atoms with Crippen LogP contribution in [0, 0.1) is 17.7 Å². The number of nitrogens with zero attached hydrogens (tertiary/aromatic N) is 1. The highest BCUT2D eigenvalue weighted by molar-refractivity contribution is 5.90. The van der Waals surface area contributed by atoms with Crippen molar-refractivity contribution in [3.8, 4) is 0 Å². The van der Waals surface area contributed by atoms with E-state index in [4.69, 9.17) is 0 Å². The van der Waals surface area contributed by atoms with E-state index in [1.165, 1.54) is 5.69 Å². The number of carbonyl (C=O) groups is 1. The molecule has 3 nitrogen and oxygen atoms in total. The van der Waals surface area contributed by atoms with E-state index in [2.05, 4.69) is 29.2 Å². The lowest BCUT2D eigenvalue weighted by molar-refractivity contribution is 0.0696. The minimum absolute atomic E-state index is 0.180. The number of hydrogen-bond acceptors (Lipinski definition) is 2. The van der Waals surface area contributed by atoms with Gasteiger partial charge in [-0.3, -0.25) is 0 Å². The quantitative estimate of drug-likeness (QED) is 0.700. The summed E-state index contributed by atoms with van der Waals surface area (Å²) < 4.78 is 13.6. The van der Waals surface area contributed by atoms with Crippen molar-refractivity contribution in [2.45, 2.75) is 30.7 Å². The van der Waals surface area contributed by atoms with Crippen molar-refractivity contribution < 1.29 is 14.3 Å². The second-order valence-electron chi connectivity index (χ2n) is 8.76. The van der Waals surface area contributed by atoms with Crippen LogP contribution in [0.1, 0.15) is 57.8 Å². The van der Waals surface area contributed by atoms with E-state index in [0.717, 1.165) is 36.1 Å². The molecule has 2 heterocycles. The molecule has 0 radical (unpaired) electrons. The van der Waals surface area contributed by atoms with Crippen LogP contribution in [0.15, 0.2) is 60.7 Å². The smallest absolute Gasteiger partial charge is 0.335 e. The van der Waals surface area contributed by atoms with Crippen molar-refractivity contribution in [3.63, 3.8) is 0 Å². The Kier molecular flexibility index (Phi) is 3.55. The lowest BCUT2D eigenvalue weighted by Gasteiger charge is -2.51. The summed E-state index contributed by atoms with van der Waals surface area (Å²) in [5.74, 6) is 0.228. The molecule has 0 fully saturated rings. The molecular formula is C25H22FNO2. The fourth-order valence-corrected chi connectivity index (χ4v) is 6.14. The van der Waals surface area contributed by atoms with Gasteiger partial charge in [0.2, 0.25) is 0 Å². The Morgan fingerprint density at radius 3 is 2.45 bits per heavy atom. The van der Waals surface area contributed by atoms with E-state index in [9.17, 15) is 14.3 Å². The Bertz CT molecular complexity index is 1050. The van der Waals surface area contributed by atoms with Crippen LogP contribution in [0.3, 0.4) is 0 Å². The first-order valence-corrected chi connectivity index (χ1v) is 10.4. The molecule has 146 valence electrons. The number of aromatic carboxylic acids is 1. The van der Waals surface area contributed by atoms with Crippen LogP contribution in [0.4, 0.5) is 10.1 Å². The summed E-state index contributed by atoms with van der Waals surface area (Å²) in [4.78, 5) is 14.4. The third-order valence-electron chi connectivity index (χ3n) is 7.31. The molecule has 0 unspecified atom stereocenters. The molecule has 29 heavy (non-hydrogen) atoms. The molecule has 0 aromatic heterocycles. The third-order valence-corrected chi connectivity index (χ3v) is 7.31. The van der Waals surface area contributed by atoms with Gasteiger partial charge in [0.15, 0.2) is 0 Å². The fourth-order valence-electron chi connectivity index (χ4n) is 6.14. The van der Waals surface area contributed by atoms with E-state index in [0.29, 0.717) is 17.4 Å². The number of fused-ring (bicyclic) bond motifs is 4. The molecule has 4 aliphatic rings. The van der Waals surface area contributed by atoms with Crippen molar-refractivity contribution >= 4 is 11.7 Å². The lowest BCUT2D eigenvalue weighted by atomic mass is 9.70. The van der Waals surface area contributed by atoms with Crippen molar-refractivity contribution in [2.75, 3.05) is 11.4 Å². The van der Waals surface area contributed by atoms with Crippen molar-refractivity contribution in [3.05, 3.63) is 88.8 Å². The summed E-state index contributed by atoms with van der Waals surface area (Å²) in [7, 11) is 0. The predicted octanol–water partition coefficient (Wildman–Crippen LogP) is 5.42. The first-order valence-electron chi connectivity index (χ1n) is 10.4. The molecule has 4 heteroatoms. The van der Waals surface area contributed by atoms with Gasteiger partial charge in [-0.2, -0.15) is 0 Å². The lowest BCUT2D eigenvalue weighted by Crippen LogP contribution is -2.46. The molecule has 2 aliphatic heterocycles. The molecule has 0 bridgehead atoms. The van der Waals surface area contributed by atoms with Crippen LogP contribution in [0.2, 0.25) is 0 Å². The van der Waals surface area contributed by atoms with Gasteiger partial charge in [0, 0.05) is 24.1 Å². The topological polar surface area (TPSA) is 40.5 Å². The molecule has 0 saturated carbocycles. The zero-order valence-electron chi connectivity index (χ0n) is 16.0. The van der Waals surface area contributed by atoms with E-state index in [1.54, 1.807) is 12.1 Å². The number of carboxylic acid groups (broad SMARTS) is 1. The van der Waals surface area contributed by atoms with Crippen LogP contribution < -0.4 is 4.90 Å². The van der Waals surface area contributed by atoms with Gasteiger partial charge in [-0.05, 0) is 65.6 Å². The molecule has 2 aliphatic carbocycles. The van der Waals surface area contributed by atoms with Gasteiger partial charge < -0.3 is 10.0 Å². The maximum atomic E-state index is 13.6. The molecule has 2 aromatic carbocycles. The number of halogens is 1. The van der Waals surface area contributed by atoms with Crippen LogP contribution in [-0.4, -0.2) is 17.6 Å². The van der Waals surface area contributed by atoms with Crippen molar-refractivity contribution in [2.24, 2.45) is 11.8 Å². The Morgan fingerprint density at radius 1 is 1.00 bits per heavy atom. The minimum atomic E-state index is -0.862. The van der Waals surface area contributed by atoms with Gasteiger partial charge in [0.25, 0.3) is 0 Å². The highest BCUT2D eigenvalue weighted by atomic mass is 19.1. The van der Waals surface area contributed by atoms with Crippen LogP contribution in [-0.2, 0) is 0 Å². The maximum absolute atomic E-state index is 13.6. The summed E-state index contributed by atoms with van der Waals surface area (Å²) in [5.41, 5.74) is 5.05. The SMILES string of the molecule is O=C(O)c1cc2c3c(c1)[C@@H]1C=CC[C@@H]1[C@H](c1ccc(F)cc1)N3C[C@H]1CC=C[C@H]21. The zero-order valence-corrected chi connectivity index (χ0v) is 16.0. The van der Waals surface area contributed by atoms with Crippen LogP contribution in [0.5, 0.6) is 0 Å². The molecule has 6 rings (SSSR count). The average molecular weight is 387 g/mol. The molecule has 2 aromatic rings. The summed E-state index contributed by atoms with van der Waals surface area (Å²) in [6, 6.07) is 10.9. The highest BCUT2D eigenvalue weighted by Gasteiger charge is 2.48. The number of carboxylic acids is 1. The van der Waals surface area contributed by atoms with E-state index < -0.39 is 5.97 Å². The molecular weight excluding hydrogens is 365 g/mol. The Balaban J connectivity index is 1.59.